The minimum absolute atomic E-state index is 0.0368. The molecule has 3 amide bonds. The Hall–Kier alpha value is -2.78. The van der Waals surface area contributed by atoms with E-state index < -0.39 is 35.3 Å². The molecule has 0 saturated heterocycles. The standard InChI is InChI=1S/C26H45N3O7/c1-25(2,3)35-23(32)28-17-12-11-15-20(29-24(33)36-26(4,5)6)22(31)27-18-16-21(30)34-19-13-9-7-8-10-14-19/h9,13,19-20H,7-8,10-12,14-18H2,1-6H3,(H,27,31)(H,28,32)(H,29,33)/t19?,20-/m1/s1. The molecule has 0 radical (unpaired) electrons. The quantitative estimate of drug-likeness (QED) is 0.164. The molecule has 0 aromatic rings. The zero-order valence-corrected chi connectivity index (χ0v) is 22.7. The molecule has 0 aromatic heterocycles. The molecule has 206 valence electrons. The van der Waals surface area contributed by atoms with Crippen molar-refractivity contribution in [3.05, 3.63) is 12.2 Å². The van der Waals surface area contributed by atoms with Crippen molar-refractivity contribution in [2.75, 3.05) is 13.1 Å². The van der Waals surface area contributed by atoms with Gasteiger partial charge in [0, 0.05) is 13.1 Å². The van der Waals surface area contributed by atoms with Gasteiger partial charge >= 0.3 is 18.2 Å². The van der Waals surface area contributed by atoms with E-state index in [0.717, 1.165) is 25.7 Å². The lowest BCUT2D eigenvalue weighted by Gasteiger charge is -2.23. The molecule has 0 aliphatic heterocycles. The number of carbonyl (C=O) groups excluding carboxylic acids is 4. The molecule has 10 heteroatoms. The van der Waals surface area contributed by atoms with Crippen molar-refractivity contribution in [2.45, 2.75) is 116 Å². The summed E-state index contributed by atoms with van der Waals surface area (Å²) >= 11 is 0. The summed E-state index contributed by atoms with van der Waals surface area (Å²) < 4.78 is 15.9. The van der Waals surface area contributed by atoms with Gasteiger partial charge < -0.3 is 30.2 Å². The Kier molecular flexibility index (Phi) is 13.3. The Morgan fingerprint density at radius 2 is 1.56 bits per heavy atom. The first-order valence-corrected chi connectivity index (χ1v) is 12.9. The number of hydrogen-bond acceptors (Lipinski definition) is 7. The molecule has 1 aliphatic carbocycles. The van der Waals surface area contributed by atoms with Gasteiger partial charge in [-0.25, -0.2) is 9.59 Å². The number of unbranched alkanes of at least 4 members (excludes halogenated alkanes) is 1. The van der Waals surface area contributed by atoms with Crippen molar-refractivity contribution >= 4 is 24.1 Å². The van der Waals surface area contributed by atoms with Crippen LogP contribution < -0.4 is 16.0 Å². The molecular formula is C26H45N3O7. The molecule has 1 aliphatic rings. The monoisotopic (exact) mass is 511 g/mol. The second kappa shape index (κ2) is 15.4. The van der Waals surface area contributed by atoms with Gasteiger partial charge in [-0.05, 0) is 92.6 Å². The fourth-order valence-electron chi connectivity index (χ4n) is 3.39. The summed E-state index contributed by atoms with van der Waals surface area (Å²) in [6, 6.07) is -0.845. The summed E-state index contributed by atoms with van der Waals surface area (Å²) in [6.45, 7) is 11.0. The largest absolute Gasteiger partial charge is 0.458 e. The lowest BCUT2D eigenvalue weighted by Crippen LogP contribution is -2.48. The van der Waals surface area contributed by atoms with E-state index in [0.29, 0.717) is 25.8 Å². The van der Waals surface area contributed by atoms with Crippen LogP contribution in [0.1, 0.15) is 92.9 Å². The van der Waals surface area contributed by atoms with Crippen molar-refractivity contribution in [1.29, 1.82) is 0 Å². The van der Waals surface area contributed by atoms with Crippen molar-refractivity contribution in [3.8, 4) is 0 Å². The number of esters is 1. The van der Waals surface area contributed by atoms with Crippen LogP contribution in [0, 0.1) is 0 Å². The molecule has 0 heterocycles. The van der Waals surface area contributed by atoms with Crippen molar-refractivity contribution in [3.63, 3.8) is 0 Å². The minimum Gasteiger partial charge on any atom is -0.458 e. The van der Waals surface area contributed by atoms with E-state index in [1.165, 1.54) is 0 Å². The van der Waals surface area contributed by atoms with E-state index in [4.69, 9.17) is 14.2 Å². The highest BCUT2D eigenvalue weighted by atomic mass is 16.6. The predicted molar refractivity (Wildman–Crippen MR) is 136 cm³/mol. The van der Waals surface area contributed by atoms with E-state index in [1.807, 2.05) is 12.2 Å². The third-order valence-corrected chi connectivity index (χ3v) is 4.97. The van der Waals surface area contributed by atoms with Gasteiger partial charge in [0.25, 0.3) is 0 Å². The van der Waals surface area contributed by atoms with Crippen LogP contribution >= 0.6 is 0 Å². The first-order chi connectivity index (χ1) is 16.7. The summed E-state index contributed by atoms with van der Waals surface area (Å²) in [5, 5.41) is 7.97. The van der Waals surface area contributed by atoms with E-state index in [-0.39, 0.29) is 25.0 Å². The molecule has 10 nitrogen and oxygen atoms in total. The fourth-order valence-corrected chi connectivity index (χ4v) is 3.39. The summed E-state index contributed by atoms with van der Waals surface area (Å²) in [4.78, 5) is 48.9. The second-order valence-electron chi connectivity index (χ2n) is 10.9. The van der Waals surface area contributed by atoms with Gasteiger partial charge in [0.1, 0.15) is 23.3 Å². The number of carbonyl (C=O) groups is 4. The number of allylic oxidation sites excluding steroid dienone is 1. The Labute approximate surface area is 215 Å². The minimum atomic E-state index is -0.845. The summed E-state index contributed by atoms with van der Waals surface area (Å²) in [5.74, 6) is -0.792. The average molecular weight is 512 g/mol. The molecule has 0 saturated carbocycles. The zero-order chi connectivity index (χ0) is 27.2. The number of rotatable bonds is 11. The Morgan fingerprint density at radius 1 is 0.889 bits per heavy atom. The van der Waals surface area contributed by atoms with Crippen LogP contribution in [0.3, 0.4) is 0 Å². The Bertz CT molecular complexity index is 754. The van der Waals surface area contributed by atoms with E-state index in [1.54, 1.807) is 41.5 Å². The highest BCUT2D eigenvalue weighted by molar-refractivity contribution is 5.86. The molecule has 0 aromatic carbocycles. The van der Waals surface area contributed by atoms with Gasteiger partial charge in [-0.1, -0.05) is 6.08 Å². The van der Waals surface area contributed by atoms with Crippen LogP contribution in [0.2, 0.25) is 0 Å². The first kappa shape index (κ1) is 31.3. The highest BCUT2D eigenvalue weighted by Gasteiger charge is 2.24. The topological polar surface area (TPSA) is 132 Å². The molecular weight excluding hydrogens is 466 g/mol. The highest BCUT2D eigenvalue weighted by Crippen LogP contribution is 2.14. The van der Waals surface area contributed by atoms with Crippen molar-refractivity contribution < 1.29 is 33.4 Å². The van der Waals surface area contributed by atoms with Gasteiger partial charge in [-0.15, -0.1) is 0 Å². The lowest BCUT2D eigenvalue weighted by molar-refractivity contribution is -0.147. The molecule has 0 bridgehead atoms. The smallest absolute Gasteiger partial charge is 0.408 e. The van der Waals surface area contributed by atoms with Gasteiger partial charge in [0.15, 0.2) is 0 Å². The molecule has 0 fully saturated rings. The van der Waals surface area contributed by atoms with Gasteiger partial charge in [-0.3, -0.25) is 9.59 Å². The number of alkyl carbamates (subject to hydrolysis) is 2. The van der Waals surface area contributed by atoms with E-state index in [9.17, 15) is 19.2 Å². The van der Waals surface area contributed by atoms with Gasteiger partial charge in [-0.2, -0.15) is 0 Å². The molecule has 2 atom stereocenters. The number of ether oxygens (including phenoxy) is 3. The van der Waals surface area contributed by atoms with Crippen LogP contribution in [0.5, 0.6) is 0 Å². The maximum Gasteiger partial charge on any atom is 0.408 e. The molecule has 0 spiro atoms. The van der Waals surface area contributed by atoms with Crippen molar-refractivity contribution in [1.82, 2.24) is 16.0 Å². The fraction of sp³-hybridized carbons (Fsp3) is 0.769. The summed E-state index contributed by atoms with van der Waals surface area (Å²) in [6.07, 6.45) is 7.93. The normalized spacial score (nSPS) is 16.8. The maximum atomic E-state index is 12.8. The lowest BCUT2D eigenvalue weighted by atomic mass is 10.1. The third-order valence-electron chi connectivity index (χ3n) is 4.97. The molecule has 3 N–H and O–H groups in total. The summed E-state index contributed by atoms with van der Waals surface area (Å²) in [7, 11) is 0. The number of nitrogens with one attached hydrogen (secondary N) is 3. The van der Waals surface area contributed by atoms with Gasteiger partial charge in [0.05, 0.1) is 6.42 Å². The van der Waals surface area contributed by atoms with Crippen LogP contribution in [0.25, 0.3) is 0 Å². The first-order valence-electron chi connectivity index (χ1n) is 12.9. The molecule has 1 rings (SSSR count). The molecule has 36 heavy (non-hydrogen) atoms. The third kappa shape index (κ3) is 16.0. The van der Waals surface area contributed by atoms with Crippen molar-refractivity contribution in [2.24, 2.45) is 0 Å². The van der Waals surface area contributed by atoms with Gasteiger partial charge in [0.2, 0.25) is 5.91 Å². The van der Waals surface area contributed by atoms with Crippen LogP contribution in [-0.4, -0.2) is 60.5 Å². The average Bonchev–Trinajstić information content (AvgIpc) is 2.98. The Balaban J connectivity index is 2.50. The maximum absolute atomic E-state index is 12.8. The predicted octanol–water partition coefficient (Wildman–Crippen LogP) is 4.12. The summed E-state index contributed by atoms with van der Waals surface area (Å²) in [5.41, 5.74) is -1.29. The SMILES string of the molecule is CC(C)(C)OC(=O)NCCCC[C@@H](NC(=O)OC(C)(C)C)C(=O)NCCC(=O)OC1C=CCCCC1. The van der Waals surface area contributed by atoms with E-state index in [2.05, 4.69) is 16.0 Å². The number of amides is 3. The zero-order valence-electron chi connectivity index (χ0n) is 22.7. The van der Waals surface area contributed by atoms with Crippen LogP contribution in [-0.2, 0) is 23.8 Å². The molecule has 1 unspecified atom stereocenters. The number of hydrogen-bond donors (Lipinski definition) is 3. The van der Waals surface area contributed by atoms with Crippen LogP contribution in [0.4, 0.5) is 9.59 Å². The Morgan fingerprint density at radius 3 is 2.22 bits per heavy atom. The van der Waals surface area contributed by atoms with E-state index >= 15 is 0 Å². The van der Waals surface area contributed by atoms with Crippen LogP contribution in [0.15, 0.2) is 12.2 Å². The second-order valence-corrected chi connectivity index (χ2v) is 10.9.